The van der Waals surface area contributed by atoms with Gasteiger partial charge in [0, 0.05) is 12.1 Å². The Hall–Kier alpha value is -2.67. The summed E-state index contributed by atoms with van der Waals surface area (Å²) in [6.45, 7) is 3.78. The Morgan fingerprint density at radius 3 is 2.69 bits per heavy atom. The molecule has 7 heteroatoms. The van der Waals surface area contributed by atoms with Crippen molar-refractivity contribution in [3.05, 3.63) is 46.8 Å². The molecule has 26 heavy (non-hydrogen) atoms. The molecule has 2 aromatic rings. The molecular weight excluding hydrogens is 334 g/mol. The maximum atomic E-state index is 12.4. The lowest BCUT2D eigenvalue weighted by Crippen LogP contribution is -2.54. The summed E-state index contributed by atoms with van der Waals surface area (Å²) in [5.74, 6) is 0.00712. The molecule has 0 aliphatic heterocycles. The molecule has 138 valence electrons. The number of amides is 1. The van der Waals surface area contributed by atoms with Gasteiger partial charge in [-0.1, -0.05) is 30.3 Å². The highest BCUT2D eigenvalue weighted by Crippen LogP contribution is 2.31. The average Bonchev–Trinajstić information content (AvgIpc) is 2.57. The minimum Gasteiger partial charge on any atom is -0.477 e. The van der Waals surface area contributed by atoms with Crippen molar-refractivity contribution in [2.45, 2.75) is 44.9 Å². The van der Waals surface area contributed by atoms with Gasteiger partial charge in [-0.2, -0.15) is 0 Å². The van der Waals surface area contributed by atoms with E-state index in [1.54, 1.807) is 6.92 Å². The van der Waals surface area contributed by atoms with Crippen LogP contribution in [0.4, 0.5) is 0 Å². The van der Waals surface area contributed by atoms with E-state index in [2.05, 4.69) is 10.4 Å². The minimum absolute atomic E-state index is 0.0665. The fourth-order valence-electron chi connectivity index (χ4n) is 3.17. The third-order valence-electron chi connectivity index (χ3n) is 4.36. The van der Waals surface area contributed by atoms with Crippen LogP contribution in [0.2, 0.25) is 0 Å². The number of carbonyl (C=O) groups excluding carboxylic acids is 1. The number of hydrogen-bond acceptors (Lipinski definition) is 5. The lowest BCUT2D eigenvalue weighted by Gasteiger charge is -2.41. The van der Waals surface area contributed by atoms with Gasteiger partial charge in [0.1, 0.15) is 6.54 Å². The predicted octanol–water partition coefficient (Wildman–Crippen LogP) is 1.34. The summed E-state index contributed by atoms with van der Waals surface area (Å²) in [5.41, 5.74) is 0.341. The van der Waals surface area contributed by atoms with Crippen molar-refractivity contribution in [2.24, 2.45) is 0 Å². The number of nitrogens with one attached hydrogen (secondary N) is 1. The quantitative estimate of drug-likeness (QED) is 0.814. The van der Waals surface area contributed by atoms with E-state index < -0.39 is 5.60 Å². The molecule has 1 aliphatic carbocycles. The zero-order valence-corrected chi connectivity index (χ0v) is 14.9. The molecular formula is C19H23N3O4. The number of hydrogen-bond donors (Lipinski definition) is 2. The highest BCUT2D eigenvalue weighted by atomic mass is 16.5. The van der Waals surface area contributed by atoms with Crippen LogP contribution >= 0.6 is 0 Å². The van der Waals surface area contributed by atoms with Crippen LogP contribution in [0.3, 0.4) is 0 Å². The highest BCUT2D eigenvalue weighted by molar-refractivity contribution is 5.76. The number of benzene rings is 1. The van der Waals surface area contributed by atoms with Crippen molar-refractivity contribution in [2.75, 3.05) is 6.61 Å². The third kappa shape index (κ3) is 4.11. The predicted molar refractivity (Wildman–Crippen MR) is 96.9 cm³/mol. The first kappa shape index (κ1) is 18.1. The lowest BCUT2D eigenvalue weighted by atomic mass is 9.77. The van der Waals surface area contributed by atoms with Gasteiger partial charge in [0.15, 0.2) is 0 Å². The highest BCUT2D eigenvalue weighted by Gasteiger charge is 2.39. The van der Waals surface area contributed by atoms with Crippen molar-refractivity contribution in [3.63, 3.8) is 0 Å². The van der Waals surface area contributed by atoms with Gasteiger partial charge >= 0.3 is 0 Å². The molecule has 2 N–H and O–H groups in total. The Kier molecular flexibility index (Phi) is 5.08. The van der Waals surface area contributed by atoms with E-state index in [4.69, 9.17) is 4.74 Å². The molecule has 1 aromatic heterocycles. The Morgan fingerprint density at radius 2 is 2.08 bits per heavy atom. The zero-order valence-electron chi connectivity index (χ0n) is 14.9. The fraction of sp³-hybridized carbons (Fsp3) is 0.421. The Bertz CT molecular complexity index is 838. The Balaban J connectivity index is 1.79. The fourth-order valence-corrected chi connectivity index (χ4v) is 3.17. The summed E-state index contributed by atoms with van der Waals surface area (Å²) in [5, 5.41) is 16.8. The van der Waals surface area contributed by atoms with Crippen LogP contribution in [0.1, 0.15) is 26.7 Å². The first-order valence-corrected chi connectivity index (χ1v) is 8.70. The molecule has 1 aromatic carbocycles. The van der Waals surface area contributed by atoms with Crippen LogP contribution in [0.5, 0.6) is 5.88 Å². The number of ether oxygens (including phenoxy) is 1. The van der Waals surface area contributed by atoms with Crippen molar-refractivity contribution in [1.82, 2.24) is 15.1 Å². The third-order valence-corrected chi connectivity index (χ3v) is 4.36. The van der Waals surface area contributed by atoms with Gasteiger partial charge in [-0.15, -0.1) is 5.10 Å². The topological polar surface area (TPSA) is 93.5 Å². The normalized spacial score (nSPS) is 21.7. The summed E-state index contributed by atoms with van der Waals surface area (Å²) in [6.07, 6.45) is 1.02. The standard InChI is InChI=1S/C19H23N3O4/c1-3-26-18-15(13-7-5-4-6-8-13)9-17(24)22(21-18)12-16(23)20-14-10-19(2,25)11-14/h4-9,14,25H,3,10-12H2,1-2H3,(H,20,23)/t14-,19-. The molecule has 0 radical (unpaired) electrons. The van der Waals surface area contributed by atoms with Crippen LogP contribution in [0.15, 0.2) is 41.2 Å². The van der Waals surface area contributed by atoms with Gasteiger partial charge in [-0.3, -0.25) is 9.59 Å². The SMILES string of the molecule is CCOc1nn(CC(=O)N[C@H]2C[C@](C)(O)C2)c(=O)cc1-c1ccccc1. The van der Waals surface area contributed by atoms with Crippen LogP contribution in [0, 0.1) is 0 Å². The van der Waals surface area contributed by atoms with Gasteiger partial charge in [0.05, 0.1) is 17.8 Å². The van der Waals surface area contributed by atoms with Gasteiger partial charge < -0.3 is 15.2 Å². The van der Waals surface area contributed by atoms with E-state index in [1.807, 2.05) is 37.3 Å². The van der Waals surface area contributed by atoms with E-state index in [-0.39, 0.29) is 24.1 Å². The molecule has 0 spiro atoms. The van der Waals surface area contributed by atoms with Gasteiger partial charge in [0.2, 0.25) is 11.8 Å². The number of carbonyl (C=O) groups is 1. The van der Waals surface area contributed by atoms with E-state index in [9.17, 15) is 14.7 Å². The average molecular weight is 357 g/mol. The zero-order chi connectivity index (χ0) is 18.7. The first-order valence-electron chi connectivity index (χ1n) is 8.70. The largest absolute Gasteiger partial charge is 0.477 e. The van der Waals surface area contributed by atoms with E-state index >= 15 is 0 Å². The van der Waals surface area contributed by atoms with Crippen molar-refractivity contribution in [1.29, 1.82) is 0 Å². The van der Waals surface area contributed by atoms with E-state index in [1.165, 1.54) is 6.07 Å². The van der Waals surface area contributed by atoms with Crippen molar-refractivity contribution in [3.8, 4) is 17.0 Å². The molecule has 0 saturated heterocycles. The first-order chi connectivity index (χ1) is 12.4. The summed E-state index contributed by atoms with van der Waals surface area (Å²) >= 11 is 0. The molecule has 1 aliphatic rings. The molecule has 1 fully saturated rings. The van der Waals surface area contributed by atoms with Gasteiger partial charge in [-0.05, 0) is 32.3 Å². The number of rotatable bonds is 6. The molecule has 0 atom stereocenters. The second kappa shape index (κ2) is 7.29. The van der Waals surface area contributed by atoms with Crippen LogP contribution < -0.4 is 15.6 Å². The second-order valence-electron chi connectivity index (χ2n) is 6.83. The number of aliphatic hydroxyl groups is 1. The van der Waals surface area contributed by atoms with E-state index in [0.717, 1.165) is 10.2 Å². The Morgan fingerprint density at radius 1 is 1.38 bits per heavy atom. The smallest absolute Gasteiger partial charge is 0.268 e. The molecule has 7 nitrogen and oxygen atoms in total. The molecule has 0 unspecified atom stereocenters. The summed E-state index contributed by atoms with van der Waals surface area (Å²) in [6, 6.07) is 10.8. The van der Waals surface area contributed by atoms with Gasteiger partial charge in [-0.25, -0.2) is 4.68 Å². The van der Waals surface area contributed by atoms with E-state index in [0.29, 0.717) is 30.9 Å². The summed E-state index contributed by atoms with van der Waals surface area (Å²) in [7, 11) is 0. The Labute approximate surface area is 151 Å². The summed E-state index contributed by atoms with van der Waals surface area (Å²) in [4.78, 5) is 24.6. The molecule has 0 bridgehead atoms. The van der Waals surface area contributed by atoms with Gasteiger partial charge in [0.25, 0.3) is 5.56 Å². The van der Waals surface area contributed by atoms with Crippen LogP contribution in [-0.2, 0) is 11.3 Å². The van der Waals surface area contributed by atoms with Crippen molar-refractivity contribution >= 4 is 5.91 Å². The lowest BCUT2D eigenvalue weighted by molar-refractivity contribution is -0.125. The second-order valence-corrected chi connectivity index (χ2v) is 6.83. The monoisotopic (exact) mass is 357 g/mol. The van der Waals surface area contributed by atoms with Crippen LogP contribution in [-0.4, -0.2) is 39.0 Å². The maximum Gasteiger partial charge on any atom is 0.268 e. The van der Waals surface area contributed by atoms with Crippen molar-refractivity contribution < 1.29 is 14.6 Å². The minimum atomic E-state index is -0.716. The maximum absolute atomic E-state index is 12.4. The molecule has 1 amide bonds. The van der Waals surface area contributed by atoms with Crippen LogP contribution in [0.25, 0.3) is 11.1 Å². The number of nitrogens with zero attached hydrogens (tertiary/aromatic N) is 2. The summed E-state index contributed by atoms with van der Waals surface area (Å²) < 4.78 is 6.67. The molecule has 1 saturated carbocycles. The molecule has 3 rings (SSSR count). The number of aromatic nitrogens is 2. The molecule has 1 heterocycles.